The van der Waals surface area contributed by atoms with Gasteiger partial charge in [0.15, 0.2) is 0 Å². The first-order chi connectivity index (χ1) is 10.1. The molecule has 122 valence electrons. The van der Waals surface area contributed by atoms with E-state index in [9.17, 15) is 8.42 Å². The van der Waals surface area contributed by atoms with Crippen molar-refractivity contribution < 1.29 is 8.42 Å². The van der Waals surface area contributed by atoms with Crippen LogP contribution >= 0.6 is 0 Å². The summed E-state index contributed by atoms with van der Waals surface area (Å²) in [5.41, 5.74) is 0. The van der Waals surface area contributed by atoms with Gasteiger partial charge in [-0.15, -0.1) is 0 Å². The highest BCUT2D eigenvalue weighted by Crippen LogP contribution is 2.30. The third-order valence-corrected chi connectivity index (χ3v) is 6.65. The van der Waals surface area contributed by atoms with Crippen LogP contribution in [0.15, 0.2) is 0 Å². The van der Waals surface area contributed by atoms with Gasteiger partial charge in [-0.05, 0) is 39.2 Å². The minimum atomic E-state index is -3.35. The summed E-state index contributed by atoms with van der Waals surface area (Å²) >= 11 is 0. The van der Waals surface area contributed by atoms with Gasteiger partial charge in [0, 0.05) is 44.3 Å². The van der Waals surface area contributed by atoms with E-state index in [0.29, 0.717) is 6.54 Å². The van der Waals surface area contributed by atoms with Crippen molar-refractivity contribution in [2.24, 2.45) is 0 Å². The van der Waals surface area contributed by atoms with Crippen LogP contribution in [-0.2, 0) is 10.2 Å². The van der Waals surface area contributed by atoms with Crippen molar-refractivity contribution >= 4 is 10.2 Å². The molecule has 0 bridgehead atoms. The fourth-order valence-corrected chi connectivity index (χ4v) is 5.35. The van der Waals surface area contributed by atoms with Crippen molar-refractivity contribution in [1.29, 1.82) is 0 Å². The van der Waals surface area contributed by atoms with Crippen LogP contribution < -0.4 is 10.0 Å². The lowest BCUT2D eigenvalue weighted by atomic mass is 10.1. The average molecular weight is 316 g/mol. The highest BCUT2D eigenvalue weighted by Gasteiger charge is 2.38. The Morgan fingerprint density at radius 3 is 2.62 bits per heavy atom. The number of nitrogens with one attached hydrogen (secondary N) is 2. The lowest BCUT2D eigenvalue weighted by molar-refractivity contribution is 0.244. The zero-order valence-corrected chi connectivity index (χ0v) is 13.7. The van der Waals surface area contributed by atoms with Crippen LogP contribution in [0.25, 0.3) is 0 Å². The molecule has 3 aliphatic rings. The second-order valence-corrected chi connectivity index (χ2v) is 8.31. The fraction of sp³-hybridized carbons (Fsp3) is 1.00. The molecule has 1 saturated carbocycles. The maximum Gasteiger partial charge on any atom is 0.280 e. The molecule has 0 aromatic carbocycles. The minimum absolute atomic E-state index is 0.0905. The van der Waals surface area contributed by atoms with Crippen molar-refractivity contribution in [3.8, 4) is 0 Å². The molecule has 2 atom stereocenters. The second kappa shape index (κ2) is 6.50. The molecular weight excluding hydrogens is 288 g/mol. The summed E-state index contributed by atoms with van der Waals surface area (Å²) in [6.45, 7) is 3.31. The third kappa shape index (κ3) is 3.76. The van der Waals surface area contributed by atoms with Crippen LogP contribution in [-0.4, -0.2) is 69.0 Å². The molecule has 21 heavy (non-hydrogen) atoms. The Kier molecular flexibility index (Phi) is 4.85. The van der Waals surface area contributed by atoms with E-state index in [-0.39, 0.29) is 12.1 Å². The van der Waals surface area contributed by atoms with E-state index in [4.69, 9.17) is 0 Å². The molecule has 0 amide bonds. The molecule has 0 aromatic rings. The van der Waals surface area contributed by atoms with E-state index in [1.807, 2.05) is 7.05 Å². The van der Waals surface area contributed by atoms with Gasteiger partial charge < -0.3 is 5.32 Å². The lowest BCUT2D eigenvalue weighted by Crippen LogP contribution is -2.54. The largest absolute Gasteiger partial charge is 0.318 e. The molecule has 1 aliphatic carbocycles. The highest BCUT2D eigenvalue weighted by atomic mass is 32.2. The average Bonchev–Trinajstić information content (AvgIpc) is 3.21. The summed E-state index contributed by atoms with van der Waals surface area (Å²) in [4.78, 5) is 2.44. The SMILES string of the molecule is CNCC1CCCCN1S(=O)(=O)NC1CCN(C2CC2)C1. The molecular formula is C14H28N4O2S. The van der Waals surface area contributed by atoms with Crippen molar-refractivity contribution in [1.82, 2.24) is 19.2 Å². The molecule has 2 N–H and O–H groups in total. The van der Waals surface area contributed by atoms with Gasteiger partial charge in [-0.25, -0.2) is 0 Å². The van der Waals surface area contributed by atoms with Crippen molar-refractivity contribution in [2.75, 3.05) is 33.2 Å². The molecule has 3 fully saturated rings. The maximum absolute atomic E-state index is 12.7. The van der Waals surface area contributed by atoms with Crippen LogP contribution in [0.1, 0.15) is 38.5 Å². The normalized spacial score (nSPS) is 32.6. The number of nitrogens with zero attached hydrogens (tertiary/aromatic N) is 2. The molecule has 2 unspecified atom stereocenters. The smallest absolute Gasteiger partial charge is 0.280 e. The van der Waals surface area contributed by atoms with Crippen LogP contribution in [0.3, 0.4) is 0 Å². The summed E-state index contributed by atoms with van der Waals surface area (Å²) in [6.07, 6.45) is 6.57. The van der Waals surface area contributed by atoms with E-state index in [0.717, 1.165) is 51.4 Å². The molecule has 3 rings (SSSR count). The molecule has 7 heteroatoms. The summed E-state index contributed by atoms with van der Waals surface area (Å²) in [7, 11) is -1.46. The Morgan fingerprint density at radius 2 is 1.90 bits per heavy atom. The summed E-state index contributed by atoms with van der Waals surface area (Å²) < 4.78 is 30.0. The number of likely N-dealkylation sites (N-methyl/N-ethyl adjacent to an activating group) is 1. The fourth-order valence-electron chi connectivity index (χ4n) is 3.66. The number of hydrogen-bond acceptors (Lipinski definition) is 4. The molecule has 0 radical (unpaired) electrons. The van der Waals surface area contributed by atoms with Crippen molar-refractivity contribution in [2.45, 2.75) is 56.7 Å². The Morgan fingerprint density at radius 1 is 1.10 bits per heavy atom. The van der Waals surface area contributed by atoms with E-state index >= 15 is 0 Å². The standard InChI is InChI=1S/C14H28N4O2S/c1-15-10-14-4-2-3-8-18(14)21(19,20)16-12-7-9-17(11-12)13-5-6-13/h12-16H,2-11H2,1H3. The quantitative estimate of drug-likeness (QED) is 0.731. The third-order valence-electron chi connectivity index (χ3n) is 4.92. The zero-order chi connectivity index (χ0) is 14.9. The van der Waals surface area contributed by atoms with Crippen LogP contribution in [0.4, 0.5) is 0 Å². The molecule has 6 nitrogen and oxygen atoms in total. The Bertz CT molecular complexity index is 450. The lowest BCUT2D eigenvalue weighted by Gasteiger charge is -2.35. The zero-order valence-electron chi connectivity index (χ0n) is 12.9. The van der Waals surface area contributed by atoms with E-state index < -0.39 is 10.2 Å². The Hall–Kier alpha value is -0.210. The first-order valence-corrected chi connectivity index (χ1v) is 9.72. The molecule has 2 aliphatic heterocycles. The number of likely N-dealkylation sites (tertiary alicyclic amines) is 1. The Labute approximate surface area is 128 Å². The number of rotatable bonds is 6. The van der Waals surface area contributed by atoms with Gasteiger partial charge in [-0.2, -0.15) is 17.4 Å². The van der Waals surface area contributed by atoms with Gasteiger partial charge in [0.25, 0.3) is 10.2 Å². The van der Waals surface area contributed by atoms with Gasteiger partial charge >= 0.3 is 0 Å². The first kappa shape index (κ1) is 15.7. The van der Waals surface area contributed by atoms with Crippen molar-refractivity contribution in [3.63, 3.8) is 0 Å². The highest BCUT2D eigenvalue weighted by molar-refractivity contribution is 7.87. The second-order valence-electron chi connectivity index (χ2n) is 6.65. The van der Waals surface area contributed by atoms with E-state index in [2.05, 4.69) is 14.9 Å². The van der Waals surface area contributed by atoms with Gasteiger partial charge in [0.2, 0.25) is 0 Å². The Balaban J connectivity index is 1.59. The molecule has 2 heterocycles. The van der Waals surface area contributed by atoms with E-state index in [1.54, 1.807) is 4.31 Å². The maximum atomic E-state index is 12.7. The predicted molar refractivity (Wildman–Crippen MR) is 83.3 cm³/mol. The minimum Gasteiger partial charge on any atom is -0.318 e. The van der Waals surface area contributed by atoms with Crippen LogP contribution in [0.5, 0.6) is 0 Å². The van der Waals surface area contributed by atoms with Crippen molar-refractivity contribution in [3.05, 3.63) is 0 Å². The summed E-state index contributed by atoms with van der Waals surface area (Å²) in [6, 6.07) is 0.918. The molecule has 0 spiro atoms. The number of hydrogen-bond donors (Lipinski definition) is 2. The van der Waals surface area contributed by atoms with Gasteiger partial charge in [0.1, 0.15) is 0 Å². The summed E-state index contributed by atoms with van der Waals surface area (Å²) in [5.74, 6) is 0. The van der Waals surface area contributed by atoms with E-state index in [1.165, 1.54) is 12.8 Å². The molecule has 0 aromatic heterocycles. The molecule has 2 saturated heterocycles. The monoisotopic (exact) mass is 316 g/mol. The number of piperidine rings is 1. The van der Waals surface area contributed by atoms with Gasteiger partial charge in [-0.1, -0.05) is 6.42 Å². The van der Waals surface area contributed by atoms with Gasteiger partial charge in [-0.3, -0.25) is 4.90 Å². The predicted octanol–water partition coefficient (Wildman–Crippen LogP) is 0.131. The van der Waals surface area contributed by atoms with Crippen LogP contribution in [0.2, 0.25) is 0 Å². The topological polar surface area (TPSA) is 64.7 Å². The van der Waals surface area contributed by atoms with Gasteiger partial charge in [0.05, 0.1) is 0 Å². The van der Waals surface area contributed by atoms with Crippen LogP contribution in [0, 0.1) is 0 Å². The summed E-state index contributed by atoms with van der Waals surface area (Å²) in [5, 5.41) is 3.12. The first-order valence-electron chi connectivity index (χ1n) is 8.28.